The van der Waals surface area contributed by atoms with Gasteiger partial charge in [0.05, 0.1) is 0 Å². The van der Waals surface area contributed by atoms with Crippen LogP contribution in [0.1, 0.15) is 20.8 Å². The SMILES string of the molecule is CC(C)(C)OC(=O)NNCC(=O)Oc1cc(O)[nH]c1O. The van der Waals surface area contributed by atoms with Crippen LogP contribution in [0.15, 0.2) is 6.07 Å². The summed E-state index contributed by atoms with van der Waals surface area (Å²) in [7, 11) is 0. The normalized spacial score (nSPS) is 10.9. The highest BCUT2D eigenvalue weighted by molar-refractivity contribution is 5.76. The number of nitrogens with one attached hydrogen (secondary N) is 3. The molecule has 0 radical (unpaired) electrons. The summed E-state index contributed by atoms with van der Waals surface area (Å²) in [5.74, 6) is -1.82. The number of amides is 1. The van der Waals surface area contributed by atoms with Crippen LogP contribution in [0.3, 0.4) is 0 Å². The van der Waals surface area contributed by atoms with Crippen LogP contribution in [0, 0.1) is 0 Å². The number of ether oxygens (including phenoxy) is 2. The van der Waals surface area contributed by atoms with Crippen molar-refractivity contribution in [1.29, 1.82) is 0 Å². The van der Waals surface area contributed by atoms with Crippen molar-refractivity contribution in [3.05, 3.63) is 6.07 Å². The Kier molecular flexibility index (Phi) is 4.81. The Balaban J connectivity index is 2.30. The van der Waals surface area contributed by atoms with Gasteiger partial charge in [-0.05, 0) is 20.8 Å². The second-order valence-electron chi connectivity index (χ2n) is 4.82. The molecule has 0 aliphatic rings. The second-order valence-corrected chi connectivity index (χ2v) is 4.82. The number of carbonyl (C=O) groups excluding carboxylic acids is 2. The standard InChI is InChI=1S/C11H17N3O6/c1-11(2,3)20-10(18)14-12-5-8(16)19-6-4-7(15)13-9(6)17/h4,12-13,15,17H,5H2,1-3H3,(H,14,18). The third-order valence-electron chi connectivity index (χ3n) is 1.79. The fourth-order valence-electron chi connectivity index (χ4n) is 1.14. The highest BCUT2D eigenvalue weighted by Crippen LogP contribution is 2.29. The Hall–Kier alpha value is -2.42. The smallest absolute Gasteiger partial charge is 0.422 e. The third kappa shape index (κ3) is 5.48. The molecule has 1 amide bonds. The lowest BCUT2D eigenvalue weighted by Gasteiger charge is -2.19. The first kappa shape index (κ1) is 15.6. The number of carbonyl (C=O) groups is 2. The van der Waals surface area contributed by atoms with E-state index in [4.69, 9.17) is 14.6 Å². The van der Waals surface area contributed by atoms with Crippen molar-refractivity contribution in [2.75, 3.05) is 6.54 Å². The summed E-state index contributed by atoms with van der Waals surface area (Å²) in [6, 6.07) is 1.04. The van der Waals surface area contributed by atoms with Crippen LogP contribution in [-0.2, 0) is 9.53 Å². The maximum absolute atomic E-state index is 11.4. The molecule has 0 atom stereocenters. The summed E-state index contributed by atoms with van der Waals surface area (Å²) < 4.78 is 9.63. The van der Waals surface area contributed by atoms with E-state index in [1.165, 1.54) is 0 Å². The van der Waals surface area contributed by atoms with E-state index in [1.807, 2.05) is 0 Å². The van der Waals surface area contributed by atoms with Gasteiger partial charge in [0, 0.05) is 6.07 Å². The number of rotatable bonds is 4. The highest BCUT2D eigenvalue weighted by atomic mass is 16.6. The van der Waals surface area contributed by atoms with Gasteiger partial charge in [-0.1, -0.05) is 0 Å². The maximum Gasteiger partial charge on any atom is 0.422 e. The lowest BCUT2D eigenvalue weighted by atomic mass is 10.2. The Morgan fingerprint density at radius 2 is 2.00 bits per heavy atom. The summed E-state index contributed by atoms with van der Waals surface area (Å²) in [5.41, 5.74) is 3.79. The molecule has 0 aliphatic carbocycles. The zero-order valence-electron chi connectivity index (χ0n) is 11.3. The lowest BCUT2D eigenvalue weighted by Crippen LogP contribution is -2.44. The minimum atomic E-state index is -0.782. The lowest BCUT2D eigenvalue weighted by molar-refractivity contribution is -0.133. The summed E-state index contributed by atoms with van der Waals surface area (Å²) in [6.45, 7) is 4.73. The van der Waals surface area contributed by atoms with Gasteiger partial charge >= 0.3 is 12.1 Å². The summed E-state index contributed by atoms with van der Waals surface area (Å²) >= 11 is 0. The number of esters is 1. The van der Waals surface area contributed by atoms with Gasteiger partial charge in [0.1, 0.15) is 12.1 Å². The van der Waals surface area contributed by atoms with E-state index < -0.39 is 23.5 Å². The summed E-state index contributed by atoms with van der Waals surface area (Å²) in [6.07, 6.45) is -0.743. The van der Waals surface area contributed by atoms with Crippen LogP contribution in [0.2, 0.25) is 0 Å². The third-order valence-corrected chi connectivity index (χ3v) is 1.79. The van der Waals surface area contributed by atoms with Crippen molar-refractivity contribution in [2.24, 2.45) is 0 Å². The molecular formula is C11H17N3O6. The predicted molar refractivity (Wildman–Crippen MR) is 67.1 cm³/mol. The zero-order chi connectivity index (χ0) is 15.3. The van der Waals surface area contributed by atoms with Gasteiger partial charge in [-0.25, -0.2) is 10.2 Å². The Morgan fingerprint density at radius 1 is 1.35 bits per heavy atom. The van der Waals surface area contributed by atoms with E-state index in [-0.39, 0.29) is 18.2 Å². The van der Waals surface area contributed by atoms with Gasteiger partial charge in [-0.2, -0.15) is 0 Å². The molecular weight excluding hydrogens is 270 g/mol. The first-order chi connectivity index (χ1) is 9.17. The molecule has 9 heteroatoms. The van der Waals surface area contributed by atoms with Crippen LogP contribution < -0.4 is 15.6 Å². The topological polar surface area (TPSA) is 133 Å². The minimum Gasteiger partial charge on any atom is -0.494 e. The molecule has 0 saturated heterocycles. The van der Waals surface area contributed by atoms with Crippen LogP contribution in [0.5, 0.6) is 17.5 Å². The summed E-state index contributed by atoms with van der Waals surface area (Å²) in [5, 5.41) is 18.2. The molecule has 20 heavy (non-hydrogen) atoms. The van der Waals surface area contributed by atoms with Gasteiger partial charge in [0.25, 0.3) is 0 Å². The van der Waals surface area contributed by atoms with Crippen molar-refractivity contribution < 1.29 is 29.3 Å². The van der Waals surface area contributed by atoms with Crippen LogP contribution in [0.4, 0.5) is 4.79 Å². The molecule has 112 valence electrons. The maximum atomic E-state index is 11.4. The van der Waals surface area contributed by atoms with Gasteiger partial charge in [-0.3, -0.25) is 15.2 Å². The van der Waals surface area contributed by atoms with E-state index in [0.29, 0.717) is 0 Å². The van der Waals surface area contributed by atoms with Crippen LogP contribution in [0.25, 0.3) is 0 Å². The van der Waals surface area contributed by atoms with Crippen molar-refractivity contribution in [2.45, 2.75) is 26.4 Å². The van der Waals surface area contributed by atoms with E-state index in [9.17, 15) is 14.7 Å². The minimum absolute atomic E-state index is 0.216. The molecule has 0 aromatic carbocycles. The average Bonchev–Trinajstić information content (AvgIpc) is 2.54. The fourth-order valence-corrected chi connectivity index (χ4v) is 1.14. The number of hydrogen-bond acceptors (Lipinski definition) is 7. The monoisotopic (exact) mass is 287 g/mol. The molecule has 0 spiro atoms. The molecule has 0 bridgehead atoms. The van der Waals surface area contributed by atoms with Gasteiger partial charge in [0.15, 0.2) is 11.6 Å². The Labute approximate surface area is 114 Å². The van der Waals surface area contributed by atoms with Crippen LogP contribution >= 0.6 is 0 Å². The quantitative estimate of drug-likeness (QED) is 0.399. The van der Waals surface area contributed by atoms with E-state index >= 15 is 0 Å². The fraction of sp³-hybridized carbons (Fsp3) is 0.455. The first-order valence-electron chi connectivity index (χ1n) is 5.71. The Bertz CT molecular complexity index is 491. The number of aromatic nitrogens is 1. The molecule has 1 heterocycles. The van der Waals surface area contributed by atoms with E-state index in [2.05, 4.69) is 15.8 Å². The molecule has 5 N–H and O–H groups in total. The molecule has 1 aromatic heterocycles. The number of hydrazine groups is 1. The largest absolute Gasteiger partial charge is 0.494 e. The van der Waals surface area contributed by atoms with Crippen molar-refractivity contribution >= 4 is 12.1 Å². The molecule has 0 unspecified atom stereocenters. The van der Waals surface area contributed by atoms with Gasteiger partial charge in [-0.15, -0.1) is 0 Å². The average molecular weight is 287 g/mol. The molecule has 1 aromatic rings. The first-order valence-corrected chi connectivity index (χ1v) is 5.71. The highest BCUT2D eigenvalue weighted by Gasteiger charge is 2.16. The number of hydrogen-bond donors (Lipinski definition) is 5. The van der Waals surface area contributed by atoms with E-state index in [1.54, 1.807) is 20.8 Å². The number of aromatic amines is 1. The molecule has 0 fully saturated rings. The summed E-state index contributed by atoms with van der Waals surface area (Å²) in [4.78, 5) is 24.7. The van der Waals surface area contributed by atoms with E-state index in [0.717, 1.165) is 6.07 Å². The molecule has 0 saturated carbocycles. The van der Waals surface area contributed by atoms with Gasteiger partial charge < -0.3 is 19.7 Å². The van der Waals surface area contributed by atoms with Gasteiger partial charge in [0.2, 0.25) is 5.88 Å². The molecule has 0 aliphatic heterocycles. The van der Waals surface area contributed by atoms with Crippen LogP contribution in [-0.4, -0.2) is 39.4 Å². The second kappa shape index (κ2) is 6.15. The number of aromatic hydroxyl groups is 2. The van der Waals surface area contributed by atoms with Crippen molar-refractivity contribution in [1.82, 2.24) is 15.8 Å². The predicted octanol–water partition coefficient (Wildman–Crippen LogP) is 0.361. The van der Waals surface area contributed by atoms with Crippen molar-refractivity contribution in [3.8, 4) is 17.5 Å². The molecule has 1 rings (SSSR count). The van der Waals surface area contributed by atoms with Crippen molar-refractivity contribution in [3.63, 3.8) is 0 Å². The Morgan fingerprint density at radius 3 is 2.50 bits per heavy atom. The number of H-pyrrole nitrogens is 1. The molecule has 9 nitrogen and oxygen atoms in total. The zero-order valence-corrected chi connectivity index (χ0v) is 11.3.